The Morgan fingerprint density at radius 2 is 0.582 bits per heavy atom. The lowest BCUT2D eigenvalue weighted by Gasteiger charge is -2.28. The first-order valence-corrected chi connectivity index (χ1v) is 41.3. The number of ether oxygens (including phenoxy) is 2. The van der Waals surface area contributed by atoms with Crippen molar-refractivity contribution in [1.29, 1.82) is 0 Å². The van der Waals surface area contributed by atoms with Crippen LogP contribution in [0.15, 0.2) is 170 Å². The Hall–Kier alpha value is -4.63. The number of carbonyl (C=O) groups excluding carboxylic acids is 2. The number of unbranched alkanes of at least 4 members (excludes halogenated alkanes) is 30. The van der Waals surface area contributed by atoms with Gasteiger partial charge in [-0.05, 0) is 135 Å². The second-order valence-electron chi connectivity index (χ2n) is 27.3. The smallest absolute Gasteiger partial charge is 0.306 e. The molecule has 10 heteroatoms. The maximum atomic E-state index is 12.9. The Morgan fingerprint density at radius 1 is 0.327 bits per heavy atom. The molecule has 0 N–H and O–H groups in total. The molecule has 0 rings (SSSR count). The Balaban J connectivity index is 4.07. The molecule has 0 aliphatic heterocycles. The van der Waals surface area contributed by atoms with Crippen LogP contribution in [0, 0.1) is 0 Å². The topological polar surface area (TPSA) is 111 Å². The van der Waals surface area contributed by atoms with Gasteiger partial charge < -0.3 is 27.9 Å². The fraction of sp³-hybridized carbons (Fsp3) is 0.659. The minimum atomic E-state index is -4.66. The molecule has 0 fully saturated rings. The van der Waals surface area contributed by atoms with Gasteiger partial charge in [0.25, 0.3) is 7.82 Å². The van der Waals surface area contributed by atoms with E-state index >= 15 is 0 Å². The highest BCUT2D eigenvalue weighted by atomic mass is 31.2. The molecule has 0 aliphatic rings. The quantitative estimate of drug-likeness (QED) is 0.0195. The second kappa shape index (κ2) is 76.5. The average Bonchev–Trinajstić information content (AvgIpc) is 1.08. The standard InChI is InChI=1S/C88H148NO8P/c1-6-8-10-12-14-16-18-20-22-24-26-28-30-32-34-36-38-40-41-42-43-44-45-46-47-49-51-53-55-57-59-61-63-65-67-69-71-73-75-77-79-81-88(91)97-86(85-96-98(92,93)95-83-82-89(3,4)5)84-94-87(90)80-78-76-74-72-70-68-66-64-62-60-58-56-54-52-50-48-39-37-35-33-31-29-27-25-23-21-19-17-15-13-11-9-7-2/h8,10,14,16,19-22,25-28,31-34,38,40,42-43,45-46,49,51,55,57,61,63,86H,6-7,9,11-13,15,17-18,23-24,29-30,35-37,39,41,44,47-48,50,52-54,56,58-60,62,64-85H2,1-5H3/b10-8-,16-14-,21-19-,22-20-,27-25-,28-26-,33-31-,34-32-,40-38-,43-42-,46-45-,51-49-,57-55-,63-61-. The van der Waals surface area contributed by atoms with Crippen LogP contribution in [0.5, 0.6) is 0 Å². The first-order chi connectivity index (χ1) is 48.0. The van der Waals surface area contributed by atoms with Crippen molar-refractivity contribution in [2.45, 2.75) is 328 Å². The molecule has 558 valence electrons. The lowest BCUT2D eigenvalue weighted by molar-refractivity contribution is -0.870. The van der Waals surface area contributed by atoms with Gasteiger partial charge in [0, 0.05) is 12.8 Å². The number of esters is 2. The highest BCUT2D eigenvalue weighted by Crippen LogP contribution is 2.38. The normalized spacial score (nSPS) is 14.0. The van der Waals surface area contributed by atoms with Crippen LogP contribution < -0.4 is 4.89 Å². The van der Waals surface area contributed by atoms with E-state index in [0.29, 0.717) is 17.4 Å². The zero-order chi connectivity index (χ0) is 71.1. The maximum Gasteiger partial charge on any atom is 0.306 e. The van der Waals surface area contributed by atoms with E-state index in [0.717, 1.165) is 135 Å². The van der Waals surface area contributed by atoms with E-state index in [1.165, 1.54) is 154 Å². The molecule has 0 bridgehead atoms. The molecule has 0 aromatic carbocycles. The summed E-state index contributed by atoms with van der Waals surface area (Å²) in [5.41, 5.74) is 0. The summed E-state index contributed by atoms with van der Waals surface area (Å²) in [5, 5.41) is 0. The van der Waals surface area contributed by atoms with Gasteiger partial charge in [-0.3, -0.25) is 14.2 Å². The SMILES string of the molecule is CC/C=C\C/C=C\C/C=C\C/C=C\C/C=C\C/C=C\C/C=C\C/C=C\C/C=C\C/C=C\C/C=C\CCCCCCCCCC(=O)OC(COC(=O)CCCCCCCCCCCCCCCCCCCC/C=C\C/C=C\C/C=C\CCCCCCC)COP(=O)([O-])OCC[N+](C)(C)C. The number of hydrogen-bond donors (Lipinski definition) is 0. The molecule has 0 spiro atoms. The van der Waals surface area contributed by atoms with Gasteiger partial charge in [-0.15, -0.1) is 0 Å². The molecule has 0 saturated carbocycles. The van der Waals surface area contributed by atoms with E-state index in [2.05, 4.69) is 184 Å². The Labute approximate surface area is 604 Å². The second-order valence-corrected chi connectivity index (χ2v) is 28.8. The van der Waals surface area contributed by atoms with Gasteiger partial charge in [-0.2, -0.15) is 0 Å². The first-order valence-electron chi connectivity index (χ1n) is 39.8. The number of carbonyl (C=O) groups is 2. The predicted molar refractivity (Wildman–Crippen MR) is 424 cm³/mol. The Bertz CT molecular complexity index is 2270. The molecule has 9 nitrogen and oxygen atoms in total. The van der Waals surface area contributed by atoms with E-state index in [1.54, 1.807) is 0 Å². The molecule has 0 aliphatic carbocycles. The van der Waals surface area contributed by atoms with E-state index in [1.807, 2.05) is 21.1 Å². The minimum Gasteiger partial charge on any atom is -0.756 e. The third-order valence-electron chi connectivity index (χ3n) is 16.7. The number of likely N-dealkylation sites (N-methyl/N-ethyl adjacent to an activating group) is 1. The summed E-state index contributed by atoms with van der Waals surface area (Å²) in [4.78, 5) is 38.2. The van der Waals surface area contributed by atoms with Crippen molar-refractivity contribution in [1.82, 2.24) is 0 Å². The molecule has 2 atom stereocenters. The number of hydrogen-bond acceptors (Lipinski definition) is 8. The zero-order valence-electron chi connectivity index (χ0n) is 63.7. The number of phosphoric ester groups is 1. The van der Waals surface area contributed by atoms with Gasteiger partial charge in [-0.1, -0.05) is 344 Å². The largest absolute Gasteiger partial charge is 0.756 e. The van der Waals surface area contributed by atoms with Crippen LogP contribution in [0.2, 0.25) is 0 Å². The lowest BCUT2D eigenvalue weighted by atomic mass is 10.0. The molecule has 0 aromatic rings. The van der Waals surface area contributed by atoms with Crippen molar-refractivity contribution in [3.8, 4) is 0 Å². The van der Waals surface area contributed by atoms with Crippen LogP contribution >= 0.6 is 7.82 Å². The minimum absolute atomic E-state index is 0.0402. The van der Waals surface area contributed by atoms with Crippen LogP contribution in [-0.4, -0.2) is 70.0 Å². The number of rotatable bonds is 72. The fourth-order valence-electron chi connectivity index (χ4n) is 10.7. The number of quaternary nitrogens is 1. The number of phosphoric acid groups is 1. The van der Waals surface area contributed by atoms with Crippen molar-refractivity contribution in [3.05, 3.63) is 170 Å². The monoisotopic (exact) mass is 1380 g/mol. The summed E-state index contributed by atoms with van der Waals surface area (Å²) >= 11 is 0. The summed E-state index contributed by atoms with van der Waals surface area (Å²) in [6.07, 6.45) is 116. The van der Waals surface area contributed by atoms with Gasteiger partial charge in [-0.25, -0.2) is 0 Å². The Kier molecular flexibility index (Phi) is 72.9. The van der Waals surface area contributed by atoms with Crippen molar-refractivity contribution < 1.29 is 42.1 Å². The van der Waals surface area contributed by atoms with Crippen molar-refractivity contribution in [3.63, 3.8) is 0 Å². The van der Waals surface area contributed by atoms with Crippen LogP contribution in [0.3, 0.4) is 0 Å². The van der Waals surface area contributed by atoms with Gasteiger partial charge in [0.1, 0.15) is 19.8 Å². The van der Waals surface area contributed by atoms with E-state index in [4.69, 9.17) is 18.5 Å². The highest BCUT2D eigenvalue weighted by molar-refractivity contribution is 7.45. The van der Waals surface area contributed by atoms with E-state index in [9.17, 15) is 19.0 Å². The van der Waals surface area contributed by atoms with Crippen molar-refractivity contribution in [2.75, 3.05) is 47.5 Å². The van der Waals surface area contributed by atoms with Crippen LogP contribution in [0.1, 0.15) is 322 Å². The van der Waals surface area contributed by atoms with Crippen LogP contribution in [0.25, 0.3) is 0 Å². The molecular weight excluding hydrogens is 1230 g/mol. The third kappa shape index (κ3) is 80.3. The third-order valence-corrected chi connectivity index (χ3v) is 17.7. The fourth-order valence-corrected chi connectivity index (χ4v) is 11.4. The molecule has 0 radical (unpaired) electrons. The molecule has 98 heavy (non-hydrogen) atoms. The zero-order valence-corrected chi connectivity index (χ0v) is 64.6. The summed E-state index contributed by atoms with van der Waals surface area (Å²) in [5.74, 6) is -0.847. The maximum absolute atomic E-state index is 12.9. The van der Waals surface area contributed by atoms with Gasteiger partial charge in [0.2, 0.25) is 0 Å². The molecule has 2 unspecified atom stereocenters. The molecule has 0 amide bonds. The Morgan fingerprint density at radius 3 is 0.867 bits per heavy atom. The summed E-state index contributed by atoms with van der Waals surface area (Å²) in [7, 11) is 1.15. The van der Waals surface area contributed by atoms with Gasteiger partial charge in [0.15, 0.2) is 6.10 Å². The molecule has 0 heterocycles. The van der Waals surface area contributed by atoms with Crippen molar-refractivity contribution in [2.24, 2.45) is 0 Å². The molecule has 0 aromatic heterocycles. The van der Waals surface area contributed by atoms with Crippen LogP contribution in [0.4, 0.5) is 0 Å². The first kappa shape index (κ1) is 93.4. The lowest BCUT2D eigenvalue weighted by Crippen LogP contribution is -2.37. The van der Waals surface area contributed by atoms with E-state index in [-0.39, 0.29) is 32.0 Å². The molecule has 0 saturated heterocycles. The number of nitrogens with zero attached hydrogens (tertiary/aromatic N) is 1. The van der Waals surface area contributed by atoms with Crippen molar-refractivity contribution >= 4 is 19.8 Å². The summed E-state index contributed by atoms with van der Waals surface area (Å²) in [6, 6.07) is 0. The van der Waals surface area contributed by atoms with E-state index < -0.39 is 26.5 Å². The summed E-state index contributed by atoms with van der Waals surface area (Å²) in [6.45, 7) is 4.11. The summed E-state index contributed by atoms with van der Waals surface area (Å²) < 4.78 is 34.4. The number of allylic oxidation sites excluding steroid dienone is 28. The highest BCUT2D eigenvalue weighted by Gasteiger charge is 2.22. The van der Waals surface area contributed by atoms with Gasteiger partial charge in [0.05, 0.1) is 27.7 Å². The average molecular weight is 1380 g/mol. The van der Waals surface area contributed by atoms with Gasteiger partial charge >= 0.3 is 11.9 Å². The van der Waals surface area contributed by atoms with Crippen LogP contribution in [-0.2, 0) is 32.7 Å². The molecular formula is C88H148NO8P. The predicted octanol–water partition coefficient (Wildman–Crippen LogP) is 26.2.